The predicted molar refractivity (Wildman–Crippen MR) is 174 cm³/mol. The molecule has 0 amide bonds. The van der Waals surface area contributed by atoms with E-state index in [4.69, 9.17) is 14.2 Å². The van der Waals surface area contributed by atoms with Crippen molar-refractivity contribution >= 4 is 23.7 Å². The third kappa shape index (κ3) is 5.08. The zero-order valence-corrected chi connectivity index (χ0v) is 30.0. The molecule has 5 aliphatic carbocycles. The van der Waals surface area contributed by atoms with Crippen molar-refractivity contribution in [2.24, 2.45) is 50.7 Å². The average molecular weight is 707 g/mol. The van der Waals surface area contributed by atoms with Gasteiger partial charge in [-0.25, -0.2) is 4.79 Å². The predicted octanol–water partition coefficient (Wildman–Crippen LogP) is 2.45. The highest BCUT2D eigenvalue weighted by Crippen LogP contribution is 2.74. The molecule has 280 valence electrons. The molecular weight excluding hydrogens is 652 g/mol. The van der Waals surface area contributed by atoms with Crippen LogP contribution in [0.25, 0.3) is 0 Å². The lowest BCUT2D eigenvalue weighted by molar-refractivity contribution is -0.335. The molecule has 0 aromatic carbocycles. The molecule has 0 bridgehead atoms. The maximum Gasteiger partial charge on any atom is 0.336 e. The fraction of sp³-hybridized carbons (Fsp3) is 0.838. The van der Waals surface area contributed by atoms with Gasteiger partial charge in [0.25, 0.3) is 0 Å². The summed E-state index contributed by atoms with van der Waals surface area (Å²) in [6, 6.07) is 0. The Morgan fingerprint density at radius 2 is 1.56 bits per heavy atom. The Kier molecular flexibility index (Phi) is 9.01. The molecule has 6 N–H and O–H groups in total. The number of hydrogen-bond donors (Lipinski definition) is 6. The van der Waals surface area contributed by atoms with E-state index in [1.54, 1.807) is 0 Å². The van der Waals surface area contributed by atoms with Crippen LogP contribution in [-0.4, -0.2) is 103 Å². The Labute approximate surface area is 292 Å². The number of carbonyl (C=O) groups excluding carboxylic acids is 2. The third-order valence-electron chi connectivity index (χ3n) is 14.8. The molecular formula is C37H54O13. The molecule has 1 heterocycles. The van der Waals surface area contributed by atoms with E-state index in [1.807, 2.05) is 13.8 Å². The van der Waals surface area contributed by atoms with Crippen molar-refractivity contribution in [2.75, 3.05) is 0 Å². The Balaban J connectivity index is 1.35. The minimum atomic E-state index is -1.95. The van der Waals surface area contributed by atoms with Crippen LogP contribution in [0, 0.1) is 50.7 Å². The molecule has 16 atom stereocenters. The monoisotopic (exact) mass is 706 g/mol. The first-order valence-electron chi connectivity index (χ1n) is 18.0. The smallest absolute Gasteiger partial charge is 0.336 e. The SMILES string of the molecule is CC(=O)OC1C(C(=O)O)OC(OC2C(O)CC3(C)C(CCC4(C)C3CC=C3C5CC(C)(C)CCC5C(O)C(=O)C34C)C2(C)C(=O)O)C(O)C1O. The first kappa shape index (κ1) is 37.3. The van der Waals surface area contributed by atoms with Crippen molar-refractivity contribution in [2.45, 2.75) is 142 Å². The summed E-state index contributed by atoms with van der Waals surface area (Å²) in [6.07, 6.45) is -7.26. The van der Waals surface area contributed by atoms with Crippen molar-refractivity contribution in [3.05, 3.63) is 11.6 Å². The molecule has 16 unspecified atom stereocenters. The molecule has 13 heteroatoms. The Morgan fingerprint density at radius 3 is 2.16 bits per heavy atom. The number of carboxylic acids is 2. The highest BCUT2D eigenvalue weighted by Gasteiger charge is 2.73. The summed E-state index contributed by atoms with van der Waals surface area (Å²) in [5.41, 5.74) is -3.11. The van der Waals surface area contributed by atoms with Crippen LogP contribution in [0.4, 0.5) is 0 Å². The number of aliphatic carboxylic acids is 2. The van der Waals surface area contributed by atoms with Crippen LogP contribution in [0.15, 0.2) is 11.6 Å². The first-order valence-corrected chi connectivity index (χ1v) is 18.0. The average Bonchev–Trinajstić information content (AvgIpc) is 3.01. The van der Waals surface area contributed by atoms with Crippen LogP contribution in [0.2, 0.25) is 0 Å². The van der Waals surface area contributed by atoms with Crippen molar-refractivity contribution < 1.29 is 64.0 Å². The normalized spacial score (nSPS) is 51.2. The molecule has 0 spiro atoms. The fourth-order valence-corrected chi connectivity index (χ4v) is 12.1. The lowest BCUT2D eigenvalue weighted by Crippen LogP contribution is -2.71. The van der Waals surface area contributed by atoms with Gasteiger partial charge in [0.1, 0.15) is 24.4 Å². The van der Waals surface area contributed by atoms with E-state index in [9.17, 15) is 49.8 Å². The van der Waals surface area contributed by atoms with E-state index in [2.05, 4.69) is 26.8 Å². The summed E-state index contributed by atoms with van der Waals surface area (Å²) < 4.78 is 16.5. The topological polar surface area (TPSA) is 217 Å². The van der Waals surface area contributed by atoms with Crippen LogP contribution < -0.4 is 0 Å². The summed E-state index contributed by atoms with van der Waals surface area (Å²) in [5, 5.41) is 65.9. The van der Waals surface area contributed by atoms with Gasteiger partial charge in [0.2, 0.25) is 0 Å². The van der Waals surface area contributed by atoms with Crippen LogP contribution in [0.1, 0.15) is 93.4 Å². The van der Waals surface area contributed by atoms with Gasteiger partial charge >= 0.3 is 17.9 Å². The van der Waals surface area contributed by atoms with Crippen molar-refractivity contribution in [1.82, 2.24) is 0 Å². The van der Waals surface area contributed by atoms with Crippen LogP contribution in [0.3, 0.4) is 0 Å². The second-order valence-electron chi connectivity index (χ2n) is 17.8. The Morgan fingerprint density at radius 1 is 0.900 bits per heavy atom. The van der Waals surface area contributed by atoms with Gasteiger partial charge in [-0.3, -0.25) is 14.4 Å². The van der Waals surface area contributed by atoms with Crippen LogP contribution in [0.5, 0.6) is 0 Å². The molecule has 13 nitrogen and oxygen atoms in total. The van der Waals surface area contributed by atoms with Crippen LogP contribution in [-0.2, 0) is 33.4 Å². The summed E-state index contributed by atoms with van der Waals surface area (Å²) in [5.74, 6) is -4.89. The second-order valence-corrected chi connectivity index (χ2v) is 17.8. The number of ketones is 1. The number of carbonyl (C=O) groups is 4. The molecule has 6 rings (SSSR count). The van der Waals surface area contributed by atoms with Gasteiger partial charge in [0.15, 0.2) is 24.3 Å². The van der Waals surface area contributed by atoms with Crippen LogP contribution >= 0.6 is 0 Å². The first-order chi connectivity index (χ1) is 23.1. The molecule has 1 aliphatic heterocycles. The molecule has 50 heavy (non-hydrogen) atoms. The molecule has 5 fully saturated rings. The zero-order valence-electron chi connectivity index (χ0n) is 30.0. The standard InChI is InChI=1S/C37H54O13/c1-16(38)48-26-24(41)25(42)31(49-27(26)30(44)45)50-29-20(39)15-34(4)21-9-8-19-18-14-33(2,3)12-10-17(18)23(40)28(43)37(19,7)35(21,5)13-11-22(34)36(29,6)32(46)47/h8,17-18,20-27,29,31,39-42H,9-15H2,1-7H3,(H,44,45)(H,46,47). The number of aliphatic hydroxyl groups is 4. The second kappa shape index (κ2) is 12.1. The quantitative estimate of drug-likeness (QED) is 0.138. The molecule has 0 radical (unpaired) electrons. The Hall–Kier alpha value is -2.42. The third-order valence-corrected chi connectivity index (χ3v) is 14.8. The number of fused-ring (bicyclic) bond motifs is 7. The minimum absolute atomic E-state index is 0.0612. The van der Waals surface area contributed by atoms with Crippen molar-refractivity contribution in [3.63, 3.8) is 0 Å². The van der Waals surface area contributed by atoms with E-state index in [0.29, 0.717) is 19.3 Å². The van der Waals surface area contributed by atoms with Gasteiger partial charge in [-0.2, -0.15) is 0 Å². The molecule has 1 saturated heterocycles. The lowest BCUT2D eigenvalue weighted by atomic mass is 9.34. The number of aliphatic hydroxyl groups excluding tert-OH is 4. The number of ether oxygens (including phenoxy) is 3. The Bertz CT molecular complexity index is 1470. The highest BCUT2D eigenvalue weighted by molar-refractivity contribution is 5.94. The van der Waals surface area contributed by atoms with Gasteiger partial charge in [0.05, 0.1) is 16.9 Å². The van der Waals surface area contributed by atoms with Crippen molar-refractivity contribution in [1.29, 1.82) is 0 Å². The van der Waals surface area contributed by atoms with Gasteiger partial charge < -0.3 is 44.8 Å². The zero-order chi connectivity index (χ0) is 37.1. The van der Waals surface area contributed by atoms with E-state index in [-0.39, 0.29) is 35.4 Å². The summed E-state index contributed by atoms with van der Waals surface area (Å²) in [4.78, 5) is 51.5. The van der Waals surface area contributed by atoms with Gasteiger partial charge in [-0.05, 0) is 98.7 Å². The van der Waals surface area contributed by atoms with E-state index < -0.39 is 94.5 Å². The molecule has 4 saturated carbocycles. The number of allylic oxidation sites excluding steroid dienone is 2. The van der Waals surface area contributed by atoms with Gasteiger partial charge in [-0.1, -0.05) is 39.3 Å². The number of carboxylic acid groups (broad SMARTS) is 2. The largest absolute Gasteiger partial charge is 0.481 e. The maximum atomic E-state index is 14.4. The number of esters is 1. The molecule has 0 aromatic heterocycles. The number of hydrogen-bond acceptors (Lipinski definition) is 11. The number of rotatable bonds is 5. The number of Topliss-reactive ketones (excluding diaryl/α,β-unsaturated/α-hetero) is 1. The van der Waals surface area contributed by atoms with Gasteiger partial charge in [0, 0.05) is 6.92 Å². The molecule has 0 aromatic rings. The van der Waals surface area contributed by atoms with Gasteiger partial charge in [-0.15, -0.1) is 0 Å². The summed E-state index contributed by atoms with van der Waals surface area (Å²) >= 11 is 0. The molecule has 6 aliphatic rings. The highest BCUT2D eigenvalue weighted by atomic mass is 16.7. The fourth-order valence-electron chi connectivity index (χ4n) is 12.1. The summed E-state index contributed by atoms with van der Waals surface area (Å²) in [6.45, 7) is 13.0. The van der Waals surface area contributed by atoms with E-state index >= 15 is 0 Å². The summed E-state index contributed by atoms with van der Waals surface area (Å²) in [7, 11) is 0. The van der Waals surface area contributed by atoms with Crippen molar-refractivity contribution in [3.8, 4) is 0 Å². The lowest BCUT2D eigenvalue weighted by Gasteiger charge is -2.70. The van der Waals surface area contributed by atoms with E-state index in [0.717, 1.165) is 31.8 Å². The maximum absolute atomic E-state index is 14.4. The van der Waals surface area contributed by atoms with E-state index in [1.165, 1.54) is 6.92 Å². The minimum Gasteiger partial charge on any atom is -0.481 e.